The fourth-order valence-corrected chi connectivity index (χ4v) is 2.86. The highest BCUT2D eigenvalue weighted by molar-refractivity contribution is 5.90. The third kappa shape index (κ3) is 6.97. The van der Waals surface area contributed by atoms with E-state index in [1.807, 2.05) is 52.0 Å². The van der Waals surface area contributed by atoms with E-state index in [9.17, 15) is 9.59 Å². The summed E-state index contributed by atoms with van der Waals surface area (Å²) in [5.74, 6) is 1.63. The van der Waals surface area contributed by atoms with Crippen LogP contribution in [0.15, 0.2) is 41.1 Å². The molecule has 1 aromatic carbocycles. The number of hydrogen-bond donors (Lipinski definition) is 2. The Morgan fingerprint density at radius 2 is 1.88 bits per heavy atom. The zero-order valence-corrected chi connectivity index (χ0v) is 19.8. The Balaban J connectivity index is 0.000000690. The van der Waals surface area contributed by atoms with Crippen LogP contribution in [0, 0.1) is 12.8 Å². The minimum absolute atomic E-state index is 0.0243. The lowest BCUT2D eigenvalue weighted by molar-refractivity contribution is -0.105. The van der Waals surface area contributed by atoms with Gasteiger partial charge in [-0.15, -0.1) is 0 Å². The van der Waals surface area contributed by atoms with Gasteiger partial charge in [0.15, 0.2) is 0 Å². The van der Waals surface area contributed by atoms with Gasteiger partial charge in [0.1, 0.15) is 5.82 Å². The number of carbonyl (C=O) groups is 2. The number of nitrogens with one attached hydrogen (secondary N) is 2. The minimum Gasteiger partial charge on any atom is -0.345 e. The number of anilines is 1. The summed E-state index contributed by atoms with van der Waals surface area (Å²) in [4.78, 5) is 31.2. The largest absolute Gasteiger partial charge is 0.345 e. The molecule has 0 bridgehead atoms. The molecule has 0 unspecified atom stereocenters. The van der Waals surface area contributed by atoms with Gasteiger partial charge in [0.05, 0.1) is 0 Å². The number of hydrogen-bond acceptors (Lipinski definition) is 6. The summed E-state index contributed by atoms with van der Waals surface area (Å²) >= 11 is 0. The van der Waals surface area contributed by atoms with E-state index >= 15 is 0 Å². The SMILES string of the molecule is CC1CC1.Cc1cc(-c2ccnc(NC=O)c2)ccc1CNC(=O)c1noc(C(C)(C)C)n1. The summed E-state index contributed by atoms with van der Waals surface area (Å²) in [6, 6.07) is 9.60. The monoisotopic (exact) mass is 449 g/mol. The Morgan fingerprint density at radius 3 is 2.45 bits per heavy atom. The molecule has 0 saturated heterocycles. The summed E-state index contributed by atoms with van der Waals surface area (Å²) in [5.41, 5.74) is 3.60. The number of amides is 2. The molecule has 2 N–H and O–H groups in total. The number of nitrogens with zero attached hydrogens (tertiary/aromatic N) is 3. The first kappa shape index (κ1) is 24.1. The van der Waals surface area contributed by atoms with Crippen molar-refractivity contribution in [2.24, 2.45) is 5.92 Å². The molecular formula is C25H31N5O3. The Kier molecular flexibility index (Phi) is 7.58. The van der Waals surface area contributed by atoms with Crippen molar-refractivity contribution >= 4 is 18.1 Å². The van der Waals surface area contributed by atoms with E-state index < -0.39 is 0 Å². The number of carbonyl (C=O) groups excluding carboxylic acids is 2. The normalized spacial score (nSPS) is 13.0. The van der Waals surface area contributed by atoms with E-state index in [4.69, 9.17) is 4.52 Å². The van der Waals surface area contributed by atoms with E-state index in [-0.39, 0.29) is 17.1 Å². The Morgan fingerprint density at radius 1 is 1.18 bits per heavy atom. The van der Waals surface area contributed by atoms with Crippen molar-refractivity contribution in [1.29, 1.82) is 0 Å². The minimum atomic E-state index is -0.383. The highest BCUT2D eigenvalue weighted by Gasteiger charge is 2.24. The standard InChI is InChI=1S/C21H23N5O3.C4H8/c1-13-9-14(15-7-8-22-17(10-15)24-12-27)5-6-16(13)11-23-19(28)18-25-20(29-26-18)21(2,3)4;1-4-2-3-4/h5-10,12H,11H2,1-4H3,(H,23,28)(H,22,24,27);4H,2-3H2,1H3. The molecule has 3 aromatic rings. The van der Waals surface area contributed by atoms with Gasteiger partial charge < -0.3 is 15.2 Å². The number of pyridine rings is 1. The first-order valence-electron chi connectivity index (χ1n) is 11.1. The predicted molar refractivity (Wildman–Crippen MR) is 127 cm³/mol. The molecule has 0 spiro atoms. The van der Waals surface area contributed by atoms with Crippen molar-refractivity contribution in [2.75, 3.05) is 5.32 Å². The van der Waals surface area contributed by atoms with E-state index in [0.717, 1.165) is 28.2 Å². The molecule has 33 heavy (non-hydrogen) atoms. The predicted octanol–water partition coefficient (Wildman–Crippen LogP) is 4.65. The van der Waals surface area contributed by atoms with Crippen LogP contribution in [0.25, 0.3) is 11.1 Å². The van der Waals surface area contributed by atoms with E-state index in [2.05, 4.69) is 32.7 Å². The maximum Gasteiger partial charge on any atom is 0.292 e. The summed E-state index contributed by atoms with van der Waals surface area (Å²) in [5, 5.41) is 9.13. The van der Waals surface area contributed by atoms with Gasteiger partial charge in [-0.1, -0.05) is 63.9 Å². The van der Waals surface area contributed by atoms with Crippen molar-refractivity contribution < 1.29 is 14.1 Å². The summed E-state index contributed by atoms with van der Waals surface area (Å²) in [6.45, 7) is 10.4. The summed E-state index contributed by atoms with van der Waals surface area (Å²) < 4.78 is 5.16. The van der Waals surface area contributed by atoms with Crippen LogP contribution in [0.5, 0.6) is 0 Å². The molecule has 1 aliphatic rings. The van der Waals surface area contributed by atoms with Gasteiger partial charge in [-0.3, -0.25) is 9.59 Å². The molecule has 8 heteroatoms. The van der Waals surface area contributed by atoms with Crippen LogP contribution < -0.4 is 10.6 Å². The number of aromatic nitrogens is 3. The second-order valence-corrected chi connectivity index (χ2v) is 9.37. The number of rotatable bonds is 6. The van der Waals surface area contributed by atoms with E-state index in [1.165, 1.54) is 12.8 Å². The van der Waals surface area contributed by atoms with Crippen molar-refractivity contribution in [3.05, 3.63) is 59.4 Å². The van der Waals surface area contributed by atoms with Crippen molar-refractivity contribution in [1.82, 2.24) is 20.4 Å². The van der Waals surface area contributed by atoms with Crippen LogP contribution in [-0.4, -0.2) is 27.4 Å². The lowest BCUT2D eigenvalue weighted by Crippen LogP contribution is -2.24. The van der Waals surface area contributed by atoms with E-state index in [1.54, 1.807) is 12.3 Å². The van der Waals surface area contributed by atoms with Gasteiger partial charge in [0.2, 0.25) is 12.3 Å². The quantitative estimate of drug-likeness (QED) is 0.530. The molecule has 2 heterocycles. The van der Waals surface area contributed by atoms with Crippen LogP contribution in [0.2, 0.25) is 0 Å². The van der Waals surface area contributed by atoms with Crippen LogP contribution in [0.3, 0.4) is 0 Å². The lowest BCUT2D eigenvalue weighted by atomic mass is 9.97. The van der Waals surface area contributed by atoms with Crippen LogP contribution in [0.1, 0.15) is 68.2 Å². The van der Waals surface area contributed by atoms with Gasteiger partial charge in [-0.2, -0.15) is 4.98 Å². The molecule has 0 radical (unpaired) electrons. The Hall–Kier alpha value is -3.55. The molecule has 174 valence electrons. The average molecular weight is 450 g/mol. The van der Waals surface area contributed by atoms with Gasteiger partial charge in [-0.25, -0.2) is 4.98 Å². The lowest BCUT2D eigenvalue weighted by Gasteiger charge is -2.11. The van der Waals surface area contributed by atoms with Crippen LogP contribution >= 0.6 is 0 Å². The number of benzene rings is 1. The molecule has 1 saturated carbocycles. The average Bonchev–Trinajstić information content (AvgIpc) is 3.38. The molecule has 1 fully saturated rings. The topological polar surface area (TPSA) is 110 Å². The maximum atomic E-state index is 12.3. The fourth-order valence-electron chi connectivity index (χ4n) is 2.86. The number of aryl methyl sites for hydroxylation is 1. The molecule has 2 aromatic heterocycles. The van der Waals surface area contributed by atoms with Gasteiger partial charge >= 0.3 is 0 Å². The van der Waals surface area contributed by atoms with Gasteiger partial charge in [-0.05, 0) is 47.2 Å². The third-order valence-electron chi connectivity index (χ3n) is 5.22. The van der Waals surface area contributed by atoms with Crippen molar-refractivity contribution in [3.8, 4) is 11.1 Å². The molecule has 0 aliphatic heterocycles. The third-order valence-corrected chi connectivity index (χ3v) is 5.22. The van der Waals surface area contributed by atoms with Crippen LogP contribution in [0.4, 0.5) is 5.82 Å². The Labute approximate surface area is 194 Å². The first-order valence-corrected chi connectivity index (χ1v) is 11.1. The molecular weight excluding hydrogens is 418 g/mol. The highest BCUT2D eigenvalue weighted by atomic mass is 16.5. The second-order valence-electron chi connectivity index (χ2n) is 9.37. The van der Waals surface area contributed by atoms with Gasteiger partial charge in [0, 0.05) is 18.2 Å². The van der Waals surface area contributed by atoms with Crippen molar-refractivity contribution in [2.45, 2.75) is 59.4 Å². The van der Waals surface area contributed by atoms with Crippen molar-refractivity contribution in [3.63, 3.8) is 0 Å². The fraction of sp³-hybridized carbons (Fsp3) is 0.400. The molecule has 1 aliphatic carbocycles. The molecule has 0 atom stereocenters. The smallest absolute Gasteiger partial charge is 0.292 e. The van der Waals surface area contributed by atoms with E-state index in [0.29, 0.717) is 24.7 Å². The Bertz CT molecular complexity index is 1110. The molecule has 8 nitrogen and oxygen atoms in total. The summed E-state index contributed by atoms with van der Waals surface area (Å²) in [7, 11) is 0. The molecule has 4 rings (SSSR count). The van der Waals surface area contributed by atoms with Gasteiger partial charge in [0.25, 0.3) is 11.7 Å². The molecule has 2 amide bonds. The maximum absolute atomic E-state index is 12.3. The summed E-state index contributed by atoms with van der Waals surface area (Å²) in [6.07, 6.45) is 5.21. The first-order chi connectivity index (χ1) is 15.7. The zero-order valence-electron chi connectivity index (χ0n) is 19.8. The highest BCUT2D eigenvalue weighted by Crippen LogP contribution is 2.27. The zero-order chi connectivity index (χ0) is 24.0. The van der Waals surface area contributed by atoms with Crippen LogP contribution in [-0.2, 0) is 16.8 Å². The second kappa shape index (κ2) is 10.4.